The first-order valence-electron chi connectivity index (χ1n) is 8.01. The summed E-state index contributed by atoms with van der Waals surface area (Å²) in [5, 5.41) is 13.3. The van der Waals surface area contributed by atoms with Gasteiger partial charge in [-0.15, -0.1) is 0 Å². The van der Waals surface area contributed by atoms with Gasteiger partial charge in [0, 0.05) is 12.1 Å². The molecule has 0 aliphatic carbocycles. The summed E-state index contributed by atoms with van der Waals surface area (Å²) in [5.74, 6) is 0. The van der Waals surface area contributed by atoms with E-state index in [0.717, 1.165) is 31.6 Å². The summed E-state index contributed by atoms with van der Waals surface area (Å²) in [6.07, 6.45) is 3.34. The second-order valence-corrected chi connectivity index (χ2v) is 6.57. The van der Waals surface area contributed by atoms with Crippen LogP contribution < -0.4 is 5.32 Å². The second kappa shape index (κ2) is 6.60. The highest BCUT2D eigenvalue weighted by molar-refractivity contribution is 5.31. The third kappa shape index (κ3) is 3.45. The summed E-state index contributed by atoms with van der Waals surface area (Å²) in [6, 6.07) is 12.7. The summed E-state index contributed by atoms with van der Waals surface area (Å²) >= 11 is 0. The number of hydrogen-bond donors (Lipinski definition) is 1. The molecule has 2 rings (SSSR count). The van der Waals surface area contributed by atoms with Gasteiger partial charge in [-0.25, -0.2) is 0 Å². The molecule has 0 amide bonds. The van der Waals surface area contributed by atoms with E-state index < -0.39 is 5.54 Å². The molecule has 1 aliphatic heterocycles. The highest BCUT2D eigenvalue weighted by Gasteiger charge is 2.36. The number of nitriles is 1. The van der Waals surface area contributed by atoms with Gasteiger partial charge >= 0.3 is 0 Å². The Kier molecular flexibility index (Phi) is 5.03. The Balaban J connectivity index is 2.16. The molecule has 1 aromatic carbocycles. The summed E-state index contributed by atoms with van der Waals surface area (Å²) in [4.78, 5) is 2.53. The van der Waals surface area contributed by atoms with Crippen LogP contribution in [0.3, 0.4) is 0 Å². The molecule has 1 saturated heterocycles. The van der Waals surface area contributed by atoms with E-state index in [2.05, 4.69) is 49.2 Å². The van der Waals surface area contributed by atoms with Crippen molar-refractivity contribution in [1.29, 1.82) is 5.26 Å². The molecule has 0 saturated carbocycles. The van der Waals surface area contributed by atoms with Crippen molar-refractivity contribution in [3.8, 4) is 6.07 Å². The first-order chi connectivity index (χ1) is 10.0. The highest BCUT2D eigenvalue weighted by atomic mass is 15.2. The lowest BCUT2D eigenvalue weighted by atomic mass is 9.87. The van der Waals surface area contributed by atoms with E-state index in [1.807, 2.05) is 18.2 Å². The molecule has 0 radical (unpaired) electrons. The summed E-state index contributed by atoms with van der Waals surface area (Å²) in [6.45, 7) is 9.59. The molecule has 1 aliphatic rings. The normalized spacial score (nSPS) is 20.9. The van der Waals surface area contributed by atoms with Crippen LogP contribution in [0.15, 0.2) is 30.3 Å². The lowest BCUT2D eigenvalue weighted by Gasteiger charge is -2.35. The first-order valence-corrected chi connectivity index (χ1v) is 8.01. The number of rotatable bonds is 6. The van der Waals surface area contributed by atoms with Crippen LogP contribution in [0.5, 0.6) is 0 Å². The maximum absolute atomic E-state index is 9.83. The third-order valence-corrected chi connectivity index (χ3v) is 4.77. The summed E-state index contributed by atoms with van der Waals surface area (Å²) in [5.41, 5.74) is 0.769. The van der Waals surface area contributed by atoms with Crippen LogP contribution in [0.1, 0.15) is 45.6 Å². The van der Waals surface area contributed by atoms with Crippen molar-refractivity contribution in [1.82, 2.24) is 10.2 Å². The quantitative estimate of drug-likeness (QED) is 0.872. The topological polar surface area (TPSA) is 39.1 Å². The Bertz CT molecular complexity index is 489. The smallest absolute Gasteiger partial charge is 0.133 e. The number of hydrogen-bond acceptors (Lipinski definition) is 3. The largest absolute Gasteiger partial charge is 0.298 e. The Hall–Kier alpha value is -1.37. The maximum atomic E-state index is 9.83. The molecule has 1 N–H and O–H groups in total. The fraction of sp³-hybridized carbons (Fsp3) is 0.611. The fourth-order valence-corrected chi connectivity index (χ4v) is 3.40. The van der Waals surface area contributed by atoms with E-state index in [4.69, 9.17) is 0 Å². The lowest BCUT2D eigenvalue weighted by molar-refractivity contribution is 0.159. The highest BCUT2D eigenvalue weighted by Crippen LogP contribution is 2.31. The standard InChI is InChI=1S/C18H27N3/c1-4-20-18(15-19,16-9-6-5-7-10-16)12-14-21-13-8-11-17(21,2)3/h5-7,9-10,20H,4,8,11-14H2,1-3H3. The fourth-order valence-electron chi connectivity index (χ4n) is 3.40. The molecular formula is C18H27N3. The van der Waals surface area contributed by atoms with Gasteiger partial charge in [-0.3, -0.25) is 10.2 Å². The maximum Gasteiger partial charge on any atom is 0.133 e. The van der Waals surface area contributed by atoms with Gasteiger partial charge in [-0.1, -0.05) is 37.3 Å². The van der Waals surface area contributed by atoms with Crippen molar-refractivity contribution in [2.24, 2.45) is 0 Å². The molecule has 0 aromatic heterocycles. The van der Waals surface area contributed by atoms with E-state index in [1.165, 1.54) is 12.8 Å². The van der Waals surface area contributed by atoms with E-state index in [0.29, 0.717) is 0 Å². The van der Waals surface area contributed by atoms with Crippen molar-refractivity contribution in [2.45, 2.75) is 51.1 Å². The van der Waals surface area contributed by atoms with E-state index >= 15 is 0 Å². The van der Waals surface area contributed by atoms with Gasteiger partial charge in [0.2, 0.25) is 0 Å². The summed E-state index contributed by atoms with van der Waals surface area (Å²) < 4.78 is 0. The zero-order valence-corrected chi connectivity index (χ0v) is 13.5. The molecule has 114 valence electrons. The van der Waals surface area contributed by atoms with Crippen molar-refractivity contribution >= 4 is 0 Å². The average molecular weight is 285 g/mol. The van der Waals surface area contributed by atoms with Crippen LogP contribution in [0.2, 0.25) is 0 Å². The molecule has 1 aromatic rings. The predicted molar refractivity (Wildman–Crippen MR) is 86.9 cm³/mol. The minimum absolute atomic E-state index is 0.268. The van der Waals surface area contributed by atoms with Gasteiger partial charge in [0.05, 0.1) is 6.07 Å². The van der Waals surface area contributed by atoms with E-state index in [-0.39, 0.29) is 5.54 Å². The molecule has 21 heavy (non-hydrogen) atoms. The Morgan fingerprint density at radius 2 is 2.05 bits per heavy atom. The molecule has 3 nitrogen and oxygen atoms in total. The van der Waals surface area contributed by atoms with Crippen LogP contribution in [-0.4, -0.2) is 30.1 Å². The first kappa shape index (κ1) is 16.0. The number of nitrogens with one attached hydrogen (secondary N) is 1. The molecular weight excluding hydrogens is 258 g/mol. The van der Waals surface area contributed by atoms with Crippen molar-refractivity contribution in [3.05, 3.63) is 35.9 Å². The van der Waals surface area contributed by atoms with Crippen LogP contribution in [0.4, 0.5) is 0 Å². The molecule has 1 unspecified atom stereocenters. The van der Waals surface area contributed by atoms with E-state index in [1.54, 1.807) is 0 Å². The van der Waals surface area contributed by atoms with Gasteiger partial charge < -0.3 is 0 Å². The molecule has 3 heteroatoms. The SMILES string of the molecule is CCNC(C#N)(CCN1CCCC1(C)C)c1ccccc1. The Morgan fingerprint density at radius 1 is 1.33 bits per heavy atom. The van der Waals surface area contributed by atoms with Gasteiger partial charge in [0.1, 0.15) is 5.54 Å². The molecule has 0 bridgehead atoms. The van der Waals surface area contributed by atoms with Crippen LogP contribution >= 0.6 is 0 Å². The number of benzene rings is 1. The minimum atomic E-state index is -0.575. The second-order valence-electron chi connectivity index (χ2n) is 6.57. The predicted octanol–water partition coefficient (Wildman–Crippen LogP) is 3.28. The Morgan fingerprint density at radius 3 is 2.57 bits per heavy atom. The van der Waals surface area contributed by atoms with Crippen molar-refractivity contribution in [3.63, 3.8) is 0 Å². The van der Waals surface area contributed by atoms with Crippen LogP contribution in [0, 0.1) is 11.3 Å². The van der Waals surface area contributed by atoms with Gasteiger partial charge in [-0.2, -0.15) is 5.26 Å². The zero-order chi connectivity index (χ0) is 15.3. The summed E-state index contributed by atoms with van der Waals surface area (Å²) in [7, 11) is 0. The average Bonchev–Trinajstić information content (AvgIpc) is 2.83. The van der Waals surface area contributed by atoms with Crippen molar-refractivity contribution < 1.29 is 0 Å². The van der Waals surface area contributed by atoms with Gasteiger partial charge in [-0.05, 0) is 51.8 Å². The monoisotopic (exact) mass is 285 g/mol. The number of likely N-dealkylation sites (tertiary alicyclic amines) is 1. The molecule has 1 atom stereocenters. The molecule has 1 fully saturated rings. The Labute approximate surface area is 129 Å². The number of nitrogens with zero attached hydrogens (tertiary/aromatic N) is 2. The minimum Gasteiger partial charge on any atom is -0.298 e. The van der Waals surface area contributed by atoms with Crippen LogP contribution in [-0.2, 0) is 5.54 Å². The van der Waals surface area contributed by atoms with Gasteiger partial charge in [0.25, 0.3) is 0 Å². The molecule has 0 spiro atoms. The van der Waals surface area contributed by atoms with E-state index in [9.17, 15) is 5.26 Å². The zero-order valence-electron chi connectivity index (χ0n) is 13.5. The third-order valence-electron chi connectivity index (χ3n) is 4.77. The van der Waals surface area contributed by atoms with Crippen molar-refractivity contribution in [2.75, 3.05) is 19.6 Å². The van der Waals surface area contributed by atoms with Gasteiger partial charge in [0.15, 0.2) is 0 Å². The van der Waals surface area contributed by atoms with Crippen LogP contribution in [0.25, 0.3) is 0 Å². The molecule has 1 heterocycles. The lowest BCUT2D eigenvalue weighted by Crippen LogP contribution is -2.46.